The molecule has 2 aliphatic rings. The zero-order valence-corrected chi connectivity index (χ0v) is 11.5. The fraction of sp³-hybridized carbons (Fsp3) is 0.750. The average molecular weight is 263 g/mol. The molecular formula is C12H21N7. The first-order chi connectivity index (χ1) is 9.17. The van der Waals surface area contributed by atoms with Gasteiger partial charge in [0, 0.05) is 26.7 Å². The Hall–Kier alpha value is -1.63. The molecule has 0 saturated heterocycles. The number of nitrogens with two attached hydrogens (primary N) is 1. The second-order valence-corrected chi connectivity index (χ2v) is 5.62. The van der Waals surface area contributed by atoms with E-state index in [-0.39, 0.29) is 0 Å². The van der Waals surface area contributed by atoms with Crippen LogP contribution in [0.5, 0.6) is 0 Å². The maximum Gasteiger partial charge on any atom is 0.243 e. The van der Waals surface area contributed by atoms with Crippen LogP contribution in [0.15, 0.2) is 0 Å². The Morgan fingerprint density at radius 3 is 2.32 bits per heavy atom. The third-order valence-electron chi connectivity index (χ3n) is 3.54. The molecule has 7 nitrogen and oxygen atoms in total. The summed E-state index contributed by atoms with van der Waals surface area (Å²) in [6.07, 6.45) is 5.13. The first kappa shape index (κ1) is 12.4. The van der Waals surface area contributed by atoms with Crippen LogP contribution >= 0.6 is 0 Å². The van der Waals surface area contributed by atoms with Crippen molar-refractivity contribution in [2.45, 2.75) is 31.7 Å². The number of nitrogen functional groups attached to an aromatic ring is 1. The number of rotatable bonds is 6. The molecule has 104 valence electrons. The fourth-order valence-electron chi connectivity index (χ4n) is 2.11. The van der Waals surface area contributed by atoms with Gasteiger partial charge in [0.05, 0.1) is 0 Å². The van der Waals surface area contributed by atoms with Crippen molar-refractivity contribution < 1.29 is 0 Å². The normalized spacial score (nSPS) is 18.3. The topological polar surface area (TPSA) is 83.2 Å². The molecule has 0 aromatic carbocycles. The van der Waals surface area contributed by atoms with Crippen LogP contribution in [-0.4, -0.2) is 41.6 Å². The van der Waals surface area contributed by atoms with Crippen molar-refractivity contribution in [1.82, 2.24) is 15.0 Å². The molecule has 1 aromatic rings. The van der Waals surface area contributed by atoms with Crippen molar-refractivity contribution in [1.29, 1.82) is 0 Å². The van der Waals surface area contributed by atoms with Crippen LogP contribution in [0, 0.1) is 5.92 Å². The lowest BCUT2D eigenvalue weighted by Crippen LogP contribution is -2.31. The highest BCUT2D eigenvalue weighted by Gasteiger charge is 2.35. The molecule has 0 radical (unpaired) electrons. The summed E-state index contributed by atoms with van der Waals surface area (Å²) < 4.78 is 0. The van der Waals surface area contributed by atoms with E-state index in [1.807, 2.05) is 19.0 Å². The van der Waals surface area contributed by atoms with E-state index in [0.717, 1.165) is 18.4 Å². The Bertz CT molecular complexity index is 453. The Morgan fingerprint density at radius 1 is 1.11 bits per heavy atom. The Kier molecular flexibility index (Phi) is 3.14. The fourth-order valence-corrected chi connectivity index (χ4v) is 2.11. The van der Waals surface area contributed by atoms with E-state index in [0.29, 0.717) is 17.9 Å². The average Bonchev–Trinajstić information content (AvgIpc) is 3.27. The van der Waals surface area contributed by atoms with Crippen LogP contribution in [0.3, 0.4) is 0 Å². The van der Waals surface area contributed by atoms with Crippen molar-refractivity contribution in [2.75, 3.05) is 35.9 Å². The summed E-state index contributed by atoms with van der Waals surface area (Å²) in [6.45, 7) is 1.06. The minimum atomic E-state index is 0.426. The Morgan fingerprint density at radius 2 is 1.79 bits per heavy atom. The zero-order valence-electron chi connectivity index (χ0n) is 11.5. The molecule has 0 bridgehead atoms. The number of nitrogens with zero attached hydrogens (tertiary/aromatic N) is 5. The minimum Gasteiger partial charge on any atom is -0.347 e. The molecule has 1 aromatic heterocycles. The lowest BCUT2D eigenvalue weighted by atomic mass is 10.3. The number of hydrogen-bond donors (Lipinski definition) is 2. The summed E-state index contributed by atoms with van der Waals surface area (Å²) in [5, 5.41) is 0. The molecule has 7 heteroatoms. The minimum absolute atomic E-state index is 0.426. The summed E-state index contributed by atoms with van der Waals surface area (Å²) >= 11 is 0. The highest BCUT2D eigenvalue weighted by molar-refractivity contribution is 5.45. The van der Waals surface area contributed by atoms with Crippen LogP contribution < -0.4 is 21.1 Å². The third-order valence-corrected chi connectivity index (χ3v) is 3.54. The molecule has 0 atom stereocenters. The zero-order chi connectivity index (χ0) is 13.4. The van der Waals surface area contributed by atoms with Crippen LogP contribution in [0.2, 0.25) is 0 Å². The molecule has 0 unspecified atom stereocenters. The van der Waals surface area contributed by atoms with E-state index >= 15 is 0 Å². The van der Waals surface area contributed by atoms with Crippen LogP contribution in [0.25, 0.3) is 0 Å². The maximum atomic E-state index is 5.45. The predicted molar refractivity (Wildman–Crippen MR) is 75.1 cm³/mol. The van der Waals surface area contributed by atoms with Gasteiger partial charge < -0.3 is 9.80 Å². The summed E-state index contributed by atoms with van der Waals surface area (Å²) in [5.41, 5.74) is 2.53. The molecule has 0 amide bonds. The number of anilines is 3. The standard InChI is InChI=1S/C12H21N7/c1-18(2)11-14-10(17-13)15-12(16-11)19(9-5-6-9)7-8-3-4-8/h8-9H,3-7,13H2,1-2H3,(H,14,15,16,17). The van der Waals surface area contributed by atoms with Crippen molar-refractivity contribution >= 4 is 17.8 Å². The highest BCUT2D eigenvalue weighted by atomic mass is 15.4. The first-order valence-electron chi connectivity index (χ1n) is 6.84. The van der Waals surface area contributed by atoms with Gasteiger partial charge in [-0.1, -0.05) is 0 Å². The molecule has 2 aliphatic carbocycles. The summed E-state index contributed by atoms with van der Waals surface area (Å²) in [6, 6.07) is 0.601. The first-order valence-corrected chi connectivity index (χ1v) is 6.84. The van der Waals surface area contributed by atoms with Crippen LogP contribution in [-0.2, 0) is 0 Å². The van der Waals surface area contributed by atoms with E-state index in [1.165, 1.54) is 25.7 Å². The van der Waals surface area contributed by atoms with E-state index in [2.05, 4.69) is 25.3 Å². The molecule has 3 rings (SSSR count). The second-order valence-electron chi connectivity index (χ2n) is 5.62. The van der Waals surface area contributed by atoms with E-state index < -0.39 is 0 Å². The molecule has 1 heterocycles. The predicted octanol–water partition coefficient (Wildman–Crippen LogP) is 0.602. The van der Waals surface area contributed by atoms with Crippen molar-refractivity contribution in [2.24, 2.45) is 11.8 Å². The largest absolute Gasteiger partial charge is 0.347 e. The quantitative estimate of drug-likeness (QED) is 0.574. The Labute approximate surface area is 113 Å². The van der Waals surface area contributed by atoms with Gasteiger partial charge in [0.1, 0.15) is 0 Å². The molecule has 0 spiro atoms. The van der Waals surface area contributed by atoms with Gasteiger partial charge in [-0.15, -0.1) is 0 Å². The van der Waals surface area contributed by atoms with Gasteiger partial charge in [-0.3, -0.25) is 5.43 Å². The van der Waals surface area contributed by atoms with Crippen LogP contribution in [0.1, 0.15) is 25.7 Å². The van der Waals surface area contributed by atoms with Crippen LogP contribution in [0.4, 0.5) is 17.8 Å². The van der Waals surface area contributed by atoms with E-state index in [9.17, 15) is 0 Å². The smallest absolute Gasteiger partial charge is 0.243 e. The highest BCUT2D eigenvalue weighted by Crippen LogP contribution is 2.36. The summed E-state index contributed by atoms with van der Waals surface area (Å²) in [5.74, 6) is 8.08. The molecule has 3 N–H and O–H groups in total. The van der Waals surface area contributed by atoms with Gasteiger partial charge in [0.25, 0.3) is 0 Å². The van der Waals surface area contributed by atoms with E-state index in [4.69, 9.17) is 5.84 Å². The van der Waals surface area contributed by atoms with Gasteiger partial charge >= 0.3 is 0 Å². The molecule has 0 aliphatic heterocycles. The summed E-state index contributed by atoms with van der Waals surface area (Å²) in [7, 11) is 3.84. The molecular weight excluding hydrogens is 242 g/mol. The van der Waals surface area contributed by atoms with Crippen molar-refractivity contribution in [3.05, 3.63) is 0 Å². The van der Waals surface area contributed by atoms with Gasteiger partial charge in [-0.25, -0.2) is 5.84 Å². The third kappa shape index (κ3) is 2.86. The van der Waals surface area contributed by atoms with Gasteiger partial charge in [0.2, 0.25) is 17.8 Å². The van der Waals surface area contributed by atoms with E-state index in [1.54, 1.807) is 0 Å². The Balaban J connectivity index is 1.89. The maximum absolute atomic E-state index is 5.45. The lowest BCUT2D eigenvalue weighted by Gasteiger charge is -2.23. The molecule has 2 fully saturated rings. The number of nitrogens with one attached hydrogen (secondary N) is 1. The van der Waals surface area contributed by atoms with Crippen molar-refractivity contribution in [3.8, 4) is 0 Å². The molecule has 2 saturated carbocycles. The number of hydrazine groups is 1. The summed E-state index contributed by atoms with van der Waals surface area (Å²) in [4.78, 5) is 17.4. The van der Waals surface area contributed by atoms with Gasteiger partial charge in [0.15, 0.2) is 0 Å². The van der Waals surface area contributed by atoms with Gasteiger partial charge in [-0.2, -0.15) is 15.0 Å². The SMILES string of the molecule is CN(C)c1nc(NN)nc(N(CC2CC2)C2CC2)n1. The van der Waals surface area contributed by atoms with Gasteiger partial charge in [-0.05, 0) is 31.6 Å². The van der Waals surface area contributed by atoms with Crippen molar-refractivity contribution in [3.63, 3.8) is 0 Å². The lowest BCUT2D eigenvalue weighted by molar-refractivity contribution is 0.693. The second kappa shape index (κ2) is 4.80. The monoisotopic (exact) mass is 263 g/mol. The number of hydrogen-bond acceptors (Lipinski definition) is 7. The molecule has 19 heavy (non-hydrogen) atoms. The number of aromatic nitrogens is 3.